The van der Waals surface area contributed by atoms with Gasteiger partial charge in [0, 0.05) is 5.92 Å². The topological polar surface area (TPSA) is 35.5 Å². The summed E-state index contributed by atoms with van der Waals surface area (Å²) >= 11 is 0. The van der Waals surface area contributed by atoms with E-state index < -0.39 is 0 Å². The van der Waals surface area contributed by atoms with Crippen LogP contribution in [0.5, 0.6) is 11.5 Å². The lowest BCUT2D eigenvalue weighted by atomic mass is 9.86. The Morgan fingerprint density at radius 3 is 2.36 bits per heavy atom. The normalized spacial score (nSPS) is 11.5. The summed E-state index contributed by atoms with van der Waals surface area (Å²) in [5.74, 6) is 1.23. The van der Waals surface area contributed by atoms with Crippen molar-refractivity contribution in [1.29, 1.82) is 0 Å². The van der Waals surface area contributed by atoms with Crippen LogP contribution in [0, 0.1) is 0 Å². The fourth-order valence-electron chi connectivity index (χ4n) is 2.46. The maximum absolute atomic E-state index is 11.2. The van der Waals surface area contributed by atoms with Crippen molar-refractivity contribution in [3.63, 3.8) is 0 Å². The van der Waals surface area contributed by atoms with Crippen LogP contribution in [0.25, 0.3) is 0 Å². The van der Waals surface area contributed by atoms with E-state index in [-0.39, 0.29) is 5.92 Å². The first-order valence-electron chi connectivity index (χ1n) is 7.09. The highest BCUT2D eigenvalue weighted by Crippen LogP contribution is 2.34. The number of aldehydes is 1. The van der Waals surface area contributed by atoms with E-state index in [1.54, 1.807) is 14.2 Å². The van der Waals surface area contributed by atoms with Gasteiger partial charge in [0.15, 0.2) is 11.5 Å². The van der Waals surface area contributed by atoms with Crippen molar-refractivity contribution in [3.05, 3.63) is 71.8 Å². The molecule has 0 saturated carbocycles. The van der Waals surface area contributed by atoms with Crippen molar-refractivity contribution in [2.45, 2.75) is 12.3 Å². The fraction of sp³-hybridized carbons (Fsp3) is 0.211. The monoisotopic (exact) mass is 296 g/mol. The number of rotatable bonds is 7. The molecular formula is C19H20O3. The van der Waals surface area contributed by atoms with Gasteiger partial charge in [-0.25, -0.2) is 0 Å². The van der Waals surface area contributed by atoms with E-state index in [9.17, 15) is 4.79 Å². The average molecular weight is 296 g/mol. The van der Waals surface area contributed by atoms with Crippen LogP contribution < -0.4 is 9.47 Å². The van der Waals surface area contributed by atoms with Crippen LogP contribution in [0.15, 0.2) is 60.7 Å². The lowest BCUT2D eigenvalue weighted by molar-refractivity contribution is -0.105. The van der Waals surface area contributed by atoms with Crippen LogP contribution in [0.4, 0.5) is 0 Å². The average Bonchev–Trinajstić information content (AvgIpc) is 2.59. The highest BCUT2D eigenvalue weighted by molar-refractivity contribution is 5.75. The molecule has 0 aliphatic carbocycles. The molecule has 0 amide bonds. The van der Waals surface area contributed by atoms with Gasteiger partial charge < -0.3 is 9.47 Å². The summed E-state index contributed by atoms with van der Waals surface area (Å²) in [7, 11) is 3.20. The zero-order valence-corrected chi connectivity index (χ0v) is 12.9. The molecule has 2 rings (SSSR count). The van der Waals surface area contributed by atoms with E-state index in [2.05, 4.69) is 6.58 Å². The number of carbonyl (C=O) groups is 1. The predicted octanol–water partition coefficient (Wildman–Crippen LogP) is 3.79. The van der Waals surface area contributed by atoms with Gasteiger partial charge in [-0.2, -0.15) is 0 Å². The molecule has 0 spiro atoms. The first-order chi connectivity index (χ1) is 10.7. The predicted molar refractivity (Wildman–Crippen MR) is 87.6 cm³/mol. The van der Waals surface area contributed by atoms with Gasteiger partial charge in [-0.1, -0.05) is 43.0 Å². The molecule has 0 aromatic heterocycles. The smallest absolute Gasteiger partial charge is 0.161 e. The molecule has 0 bridgehead atoms. The van der Waals surface area contributed by atoms with Crippen LogP contribution in [0.2, 0.25) is 0 Å². The summed E-state index contributed by atoms with van der Waals surface area (Å²) in [6.45, 7) is 3.90. The van der Waals surface area contributed by atoms with Gasteiger partial charge in [0.1, 0.15) is 6.29 Å². The molecule has 0 N–H and O–H groups in total. The molecule has 0 saturated heterocycles. The number of hydrogen-bond donors (Lipinski definition) is 0. The molecule has 114 valence electrons. The molecule has 2 aromatic carbocycles. The van der Waals surface area contributed by atoms with E-state index in [1.807, 2.05) is 48.5 Å². The minimum Gasteiger partial charge on any atom is -0.493 e. The molecular weight excluding hydrogens is 276 g/mol. The van der Waals surface area contributed by atoms with Crippen LogP contribution in [-0.2, 0) is 11.2 Å². The van der Waals surface area contributed by atoms with Crippen LogP contribution in [0.3, 0.4) is 0 Å². The van der Waals surface area contributed by atoms with Gasteiger partial charge in [0.25, 0.3) is 0 Å². The highest BCUT2D eigenvalue weighted by Gasteiger charge is 2.18. The summed E-state index contributed by atoms with van der Waals surface area (Å²) < 4.78 is 10.6. The largest absolute Gasteiger partial charge is 0.493 e. The van der Waals surface area contributed by atoms with Crippen molar-refractivity contribution in [1.82, 2.24) is 0 Å². The molecule has 0 aliphatic rings. The molecule has 3 nitrogen and oxygen atoms in total. The second kappa shape index (κ2) is 7.46. The molecule has 0 heterocycles. The van der Waals surface area contributed by atoms with Crippen molar-refractivity contribution >= 4 is 6.29 Å². The second-order valence-electron chi connectivity index (χ2n) is 5.05. The molecule has 3 heteroatoms. The minimum absolute atomic E-state index is 0.0836. The molecule has 0 unspecified atom stereocenters. The van der Waals surface area contributed by atoms with Gasteiger partial charge in [0.05, 0.1) is 14.2 Å². The molecule has 22 heavy (non-hydrogen) atoms. The number of allylic oxidation sites excluding steroid dienone is 1. The van der Waals surface area contributed by atoms with Crippen molar-refractivity contribution in [2.75, 3.05) is 14.2 Å². The first kappa shape index (κ1) is 15.8. The maximum Gasteiger partial charge on any atom is 0.161 e. The van der Waals surface area contributed by atoms with E-state index >= 15 is 0 Å². The summed E-state index contributed by atoms with van der Waals surface area (Å²) in [6, 6.07) is 15.8. The SMILES string of the molecule is C=C(C=O)[C@H](Cc1ccccc1)c1ccc(OC)c(OC)c1. The van der Waals surface area contributed by atoms with E-state index in [4.69, 9.17) is 9.47 Å². The zero-order valence-electron chi connectivity index (χ0n) is 12.9. The number of hydrogen-bond acceptors (Lipinski definition) is 3. The Morgan fingerprint density at radius 1 is 1.09 bits per heavy atom. The molecule has 0 aliphatic heterocycles. The number of methoxy groups -OCH3 is 2. The Labute approximate surface area is 131 Å². The van der Waals surface area contributed by atoms with Crippen molar-refractivity contribution in [2.24, 2.45) is 0 Å². The Kier molecular flexibility index (Phi) is 5.37. The Hall–Kier alpha value is -2.55. The number of carbonyl (C=O) groups excluding carboxylic acids is 1. The molecule has 0 radical (unpaired) electrons. The molecule has 0 fully saturated rings. The van der Waals surface area contributed by atoms with Crippen LogP contribution >= 0.6 is 0 Å². The van der Waals surface area contributed by atoms with E-state index in [0.717, 1.165) is 17.4 Å². The minimum atomic E-state index is -0.0836. The third-order valence-corrected chi connectivity index (χ3v) is 3.69. The Balaban J connectivity index is 2.37. The van der Waals surface area contributed by atoms with Crippen LogP contribution in [0.1, 0.15) is 17.0 Å². The lowest BCUT2D eigenvalue weighted by Gasteiger charge is -2.19. The molecule has 1 atom stereocenters. The van der Waals surface area contributed by atoms with Gasteiger partial charge in [0.2, 0.25) is 0 Å². The Morgan fingerprint density at radius 2 is 1.77 bits per heavy atom. The standard InChI is InChI=1S/C19H20O3/c1-14(13-20)17(11-15-7-5-4-6-8-15)16-9-10-18(21-2)19(12-16)22-3/h4-10,12-13,17H,1,11H2,2-3H3/t17-/m0/s1. The Bertz CT molecular complexity index is 647. The van der Waals surface area contributed by atoms with Gasteiger partial charge >= 0.3 is 0 Å². The van der Waals surface area contributed by atoms with E-state index in [0.29, 0.717) is 23.5 Å². The van der Waals surface area contributed by atoms with Gasteiger partial charge in [-0.3, -0.25) is 4.79 Å². The quantitative estimate of drug-likeness (QED) is 0.576. The third-order valence-electron chi connectivity index (χ3n) is 3.69. The van der Waals surface area contributed by atoms with Crippen LogP contribution in [-0.4, -0.2) is 20.5 Å². The number of ether oxygens (including phenoxy) is 2. The lowest BCUT2D eigenvalue weighted by Crippen LogP contribution is -2.07. The second-order valence-corrected chi connectivity index (χ2v) is 5.05. The molecule has 2 aromatic rings. The van der Waals surface area contributed by atoms with E-state index in [1.165, 1.54) is 0 Å². The summed E-state index contributed by atoms with van der Waals surface area (Å²) in [4.78, 5) is 11.2. The fourth-order valence-corrected chi connectivity index (χ4v) is 2.46. The zero-order chi connectivity index (χ0) is 15.9. The maximum atomic E-state index is 11.2. The van der Waals surface area contributed by atoms with Crippen molar-refractivity contribution in [3.8, 4) is 11.5 Å². The third kappa shape index (κ3) is 3.55. The first-order valence-corrected chi connectivity index (χ1v) is 7.09. The number of benzene rings is 2. The van der Waals surface area contributed by atoms with Gasteiger partial charge in [-0.05, 0) is 35.3 Å². The summed E-state index contributed by atoms with van der Waals surface area (Å²) in [5.41, 5.74) is 2.69. The van der Waals surface area contributed by atoms with Gasteiger partial charge in [-0.15, -0.1) is 0 Å². The van der Waals surface area contributed by atoms with Crippen molar-refractivity contribution < 1.29 is 14.3 Å². The highest BCUT2D eigenvalue weighted by atomic mass is 16.5. The summed E-state index contributed by atoms with van der Waals surface area (Å²) in [6.07, 6.45) is 1.54. The summed E-state index contributed by atoms with van der Waals surface area (Å²) in [5, 5.41) is 0.